The number of benzene rings is 1. The molecule has 0 fully saturated rings. The number of aliphatic imine (C=N–C) groups is 1. The lowest BCUT2D eigenvalue weighted by Crippen LogP contribution is -2.36. The molecule has 102 valence electrons. The number of anilines is 1. The van der Waals surface area contributed by atoms with Crippen LogP contribution in [0.1, 0.15) is 33.3 Å². The Balaban J connectivity index is 2.76. The molecule has 0 radical (unpaired) electrons. The van der Waals surface area contributed by atoms with E-state index in [1.807, 2.05) is 38.1 Å². The molecule has 1 aromatic carbocycles. The number of hydrogen-bond acceptors (Lipinski definition) is 2. The van der Waals surface area contributed by atoms with Gasteiger partial charge in [-0.15, -0.1) is 0 Å². The second-order valence-electron chi connectivity index (χ2n) is 5.03. The standard InChI is InChI=1S/C15H22N4/c1-11(2)17-15(18-12(3)4)19-14-7-5-13(6-8-14)9-10-16/h5-8,11-12H,9H2,1-4H3,(H2,17,18,19). The summed E-state index contributed by atoms with van der Waals surface area (Å²) in [5.41, 5.74) is 1.99. The smallest absolute Gasteiger partial charge is 0.196 e. The molecule has 19 heavy (non-hydrogen) atoms. The summed E-state index contributed by atoms with van der Waals surface area (Å²) in [5, 5.41) is 15.2. The number of nitrogens with zero attached hydrogens (tertiary/aromatic N) is 2. The highest BCUT2D eigenvalue weighted by Gasteiger charge is 2.03. The van der Waals surface area contributed by atoms with E-state index in [4.69, 9.17) is 5.26 Å². The van der Waals surface area contributed by atoms with Gasteiger partial charge in [0.05, 0.1) is 12.5 Å². The molecule has 0 aliphatic carbocycles. The minimum atomic E-state index is 0.228. The zero-order valence-corrected chi connectivity index (χ0v) is 12.1. The third-order valence-electron chi connectivity index (χ3n) is 2.31. The topological polar surface area (TPSA) is 60.2 Å². The molecule has 0 amide bonds. The molecule has 1 rings (SSSR count). The summed E-state index contributed by atoms with van der Waals surface area (Å²) in [6.07, 6.45) is 0.442. The average Bonchev–Trinajstić information content (AvgIpc) is 2.30. The Morgan fingerprint density at radius 1 is 1.21 bits per heavy atom. The van der Waals surface area contributed by atoms with Gasteiger partial charge < -0.3 is 10.6 Å². The summed E-state index contributed by atoms with van der Waals surface area (Å²) in [7, 11) is 0. The molecule has 0 aromatic heterocycles. The van der Waals surface area contributed by atoms with E-state index in [1.54, 1.807) is 0 Å². The second-order valence-corrected chi connectivity index (χ2v) is 5.03. The molecule has 0 bridgehead atoms. The molecule has 0 aliphatic heterocycles. The third kappa shape index (κ3) is 5.91. The number of guanidine groups is 1. The summed E-state index contributed by atoms with van der Waals surface area (Å²) in [4.78, 5) is 4.51. The molecule has 0 unspecified atom stereocenters. The first-order valence-corrected chi connectivity index (χ1v) is 6.58. The summed E-state index contributed by atoms with van der Waals surface area (Å²) in [6, 6.07) is 10.5. The van der Waals surface area contributed by atoms with E-state index in [0.29, 0.717) is 12.5 Å². The normalized spacial score (nSPS) is 11.5. The van der Waals surface area contributed by atoms with Crippen molar-refractivity contribution in [3.05, 3.63) is 29.8 Å². The fourth-order valence-corrected chi connectivity index (χ4v) is 1.57. The van der Waals surface area contributed by atoms with Gasteiger partial charge in [-0.3, -0.25) is 4.99 Å². The summed E-state index contributed by atoms with van der Waals surface area (Å²) in [6.45, 7) is 8.24. The van der Waals surface area contributed by atoms with E-state index in [2.05, 4.69) is 35.5 Å². The Morgan fingerprint density at radius 2 is 1.84 bits per heavy atom. The third-order valence-corrected chi connectivity index (χ3v) is 2.31. The molecule has 2 N–H and O–H groups in total. The summed E-state index contributed by atoms with van der Waals surface area (Å²) < 4.78 is 0. The maximum atomic E-state index is 8.64. The minimum Gasteiger partial charge on any atom is -0.354 e. The first kappa shape index (κ1) is 15.0. The van der Waals surface area contributed by atoms with Crippen molar-refractivity contribution in [2.75, 3.05) is 5.32 Å². The Labute approximate surface area is 115 Å². The monoisotopic (exact) mass is 258 g/mol. The van der Waals surface area contributed by atoms with E-state index in [0.717, 1.165) is 17.2 Å². The zero-order chi connectivity index (χ0) is 14.3. The Bertz CT molecular complexity index is 452. The van der Waals surface area contributed by atoms with Gasteiger partial charge in [-0.25, -0.2) is 0 Å². The Kier molecular flexibility index (Phi) is 5.87. The van der Waals surface area contributed by atoms with E-state index in [1.165, 1.54) is 0 Å². The first-order chi connectivity index (χ1) is 9.01. The van der Waals surface area contributed by atoms with Crippen LogP contribution in [0.2, 0.25) is 0 Å². The van der Waals surface area contributed by atoms with E-state index in [9.17, 15) is 0 Å². The molecule has 0 atom stereocenters. The van der Waals surface area contributed by atoms with Gasteiger partial charge in [0, 0.05) is 17.8 Å². The highest BCUT2D eigenvalue weighted by Crippen LogP contribution is 2.10. The SMILES string of the molecule is CC(C)N=C(Nc1ccc(CC#N)cc1)NC(C)C. The highest BCUT2D eigenvalue weighted by atomic mass is 15.2. The van der Waals surface area contributed by atoms with Crippen LogP contribution < -0.4 is 10.6 Å². The maximum absolute atomic E-state index is 8.64. The number of nitrogens with one attached hydrogen (secondary N) is 2. The lowest BCUT2D eigenvalue weighted by atomic mass is 10.1. The van der Waals surface area contributed by atoms with Crippen molar-refractivity contribution in [1.29, 1.82) is 5.26 Å². The van der Waals surface area contributed by atoms with Gasteiger partial charge in [0.15, 0.2) is 5.96 Å². The van der Waals surface area contributed by atoms with Crippen LogP contribution in [-0.4, -0.2) is 18.0 Å². The van der Waals surface area contributed by atoms with Crippen LogP contribution in [0, 0.1) is 11.3 Å². The van der Waals surface area contributed by atoms with E-state index >= 15 is 0 Å². The van der Waals surface area contributed by atoms with E-state index < -0.39 is 0 Å². The second kappa shape index (κ2) is 7.42. The molecule has 4 heteroatoms. The van der Waals surface area contributed by atoms with Crippen molar-refractivity contribution in [1.82, 2.24) is 5.32 Å². The Hall–Kier alpha value is -2.02. The van der Waals surface area contributed by atoms with Crippen LogP contribution in [0.25, 0.3) is 0 Å². The summed E-state index contributed by atoms with van der Waals surface area (Å²) in [5.74, 6) is 0.776. The molecule has 0 spiro atoms. The van der Waals surface area contributed by atoms with Crippen molar-refractivity contribution in [2.45, 2.75) is 46.2 Å². The lowest BCUT2D eigenvalue weighted by Gasteiger charge is -2.16. The van der Waals surface area contributed by atoms with Crippen molar-refractivity contribution in [3.8, 4) is 6.07 Å². The number of hydrogen-bond donors (Lipinski definition) is 2. The van der Waals surface area contributed by atoms with Gasteiger partial charge >= 0.3 is 0 Å². The quantitative estimate of drug-likeness (QED) is 0.645. The fourth-order valence-electron chi connectivity index (χ4n) is 1.57. The van der Waals surface area contributed by atoms with Crippen molar-refractivity contribution >= 4 is 11.6 Å². The van der Waals surface area contributed by atoms with Crippen molar-refractivity contribution < 1.29 is 0 Å². The maximum Gasteiger partial charge on any atom is 0.196 e. The molecule has 0 saturated carbocycles. The number of nitriles is 1. The molecule has 1 aromatic rings. The molecule has 0 aliphatic rings. The molecule has 0 heterocycles. The van der Waals surface area contributed by atoms with E-state index in [-0.39, 0.29) is 6.04 Å². The van der Waals surface area contributed by atoms with Gasteiger partial charge in [-0.2, -0.15) is 5.26 Å². The van der Waals surface area contributed by atoms with Crippen LogP contribution >= 0.6 is 0 Å². The summed E-state index contributed by atoms with van der Waals surface area (Å²) >= 11 is 0. The van der Waals surface area contributed by atoms with Crippen molar-refractivity contribution in [3.63, 3.8) is 0 Å². The van der Waals surface area contributed by atoms with Gasteiger partial charge in [-0.05, 0) is 45.4 Å². The fraction of sp³-hybridized carbons (Fsp3) is 0.467. The van der Waals surface area contributed by atoms with Crippen LogP contribution in [0.5, 0.6) is 0 Å². The minimum absolute atomic E-state index is 0.228. The molecule has 4 nitrogen and oxygen atoms in total. The Morgan fingerprint density at radius 3 is 2.32 bits per heavy atom. The number of rotatable bonds is 4. The van der Waals surface area contributed by atoms with Crippen LogP contribution in [0.4, 0.5) is 5.69 Å². The zero-order valence-electron chi connectivity index (χ0n) is 12.1. The van der Waals surface area contributed by atoms with Crippen LogP contribution in [0.3, 0.4) is 0 Å². The van der Waals surface area contributed by atoms with Gasteiger partial charge in [0.1, 0.15) is 0 Å². The van der Waals surface area contributed by atoms with Crippen LogP contribution in [0.15, 0.2) is 29.3 Å². The molecule has 0 saturated heterocycles. The largest absolute Gasteiger partial charge is 0.354 e. The van der Waals surface area contributed by atoms with Gasteiger partial charge in [0.25, 0.3) is 0 Å². The predicted octanol–water partition coefficient (Wildman–Crippen LogP) is 2.93. The predicted molar refractivity (Wildman–Crippen MR) is 80.2 cm³/mol. The lowest BCUT2D eigenvalue weighted by molar-refractivity contribution is 0.717. The highest BCUT2D eigenvalue weighted by molar-refractivity contribution is 5.93. The van der Waals surface area contributed by atoms with Crippen LogP contribution in [-0.2, 0) is 6.42 Å². The first-order valence-electron chi connectivity index (χ1n) is 6.58. The molecular formula is C15H22N4. The van der Waals surface area contributed by atoms with Crippen molar-refractivity contribution in [2.24, 2.45) is 4.99 Å². The van der Waals surface area contributed by atoms with Gasteiger partial charge in [0.2, 0.25) is 0 Å². The average molecular weight is 258 g/mol. The molecular weight excluding hydrogens is 236 g/mol. The van der Waals surface area contributed by atoms with Gasteiger partial charge in [-0.1, -0.05) is 12.1 Å².